The Morgan fingerprint density at radius 3 is 2.60 bits per heavy atom. The van der Waals surface area contributed by atoms with Gasteiger partial charge in [0.05, 0.1) is 5.92 Å². The molecule has 2 aliphatic carbocycles. The molecule has 20 heavy (non-hydrogen) atoms. The highest BCUT2D eigenvalue weighted by Crippen LogP contribution is 2.45. The average molecular weight is 353 g/mol. The summed E-state index contributed by atoms with van der Waals surface area (Å²) in [4.78, 5) is 0. The third kappa shape index (κ3) is 3.03. The fraction of sp³-hybridized carbons (Fsp3) is 0.769. The van der Waals surface area contributed by atoms with Crippen LogP contribution >= 0.6 is 15.9 Å². The number of nitrogens with one attached hydrogen (secondary N) is 1. The summed E-state index contributed by atoms with van der Waals surface area (Å²) < 4.78 is 43.1. The number of hydrogen-bond acceptors (Lipinski definition) is 3. The summed E-state index contributed by atoms with van der Waals surface area (Å²) in [6, 6.07) is 0. The molecule has 7 heteroatoms. The first kappa shape index (κ1) is 14.4. The second kappa shape index (κ2) is 5.33. The smallest absolute Gasteiger partial charge is 0.360 e. The van der Waals surface area contributed by atoms with Crippen LogP contribution in [0.25, 0.3) is 0 Å². The van der Waals surface area contributed by atoms with E-state index in [9.17, 15) is 13.2 Å². The molecule has 0 aliphatic heterocycles. The standard InChI is InChI=1S/C13H16BrF3N2O/c14-12-10(11(20-19-12)8-1-2-8)6-18-5-7-3-9(4-7)13(15,16)17/h7-9,18H,1-6H2. The van der Waals surface area contributed by atoms with Crippen LogP contribution in [0.3, 0.4) is 0 Å². The minimum atomic E-state index is -4.02. The van der Waals surface area contributed by atoms with Gasteiger partial charge in [0.15, 0.2) is 4.60 Å². The van der Waals surface area contributed by atoms with E-state index in [1.165, 1.54) is 0 Å². The number of rotatable bonds is 5. The third-order valence-electron chi connectivity index (χ3n) is 4.15. The summed E-state index contributed by atoms with van der Waals surface area (Å²) in [6.45, 7) is 1.22. The summed E-state index contributed by atoms with van der Waals surface area (Å²) in [7, 11) is 0. The number of alkyl halides is 3. The largest absolute Gasteiger partial charge is 0.391 e. The van der Waals surface area contributed by atoms with Crippen LogP contribution in [0, 0.1) is 11.8 Å². The molecular formula is C13H16BrF3N2O. The lowest BCUT2D eigenvalue weighted by molar-refractivity contribution is -0.204. The topological polar surface area (TPSA) is 38.1 Å². The minimum absolute atomic E-state index is 0.129. The van der Waals surface area contributed by atoms with E-state index in [0.717, 1.165) is 24.2 Å². The molecule has 0 unspecified atom stereocenters. The molecule has 0 atom stereocenters. The van der Waals surface area contributed by atoms with Crippen LogP contribution in [-0.2, 0) is 6.54 Å². The fourth-order valence-corrected chi connectivity index (χ4v) is 3.11. The van der Waals surface area contributed by atoms with Crippen molar-refractivity contribution in [1.29, 1.82) is 0 Å². The predicted molar refractivity (Wildman–Crippen MR) is 70.2 cm³/mol. The van der Waals surface area contributed by atoms with Crippen LogP contribution in [0.4, 0.5) is 13.2 Å². The Hall–Kier alpha value is -0.560. The van der Waals surface area contributed by atoms with E-state index in [1.807, 2.05) is 0 Å². The van der Waals surface area contributed by atoms with E-state index in [2.05, 4.69) is 26.4 Å². The monoisotopic (exact) mass is 352 g/mol. The van der Waals surface area contributed by atoms with E-state index in [0.29, 0.717) is 23.6 Å². The molecule has 0 amide bonds. The summed E-state index contributed by atoms with van der Waals surface area (Å²) in [5.41, 5.74) is 1.01. The highest BCUT2D eigenvalue weighted by molar-refractivity contribution is 9.10. The Bertz CT molecular complexity index is 478. The molecule has 0 bridgehead atoms. The molecule has 2 aliphatic rings. The van der Waals surface area contributed by atoms with Gasteiger partial charge in [0.2, 0.25) is 0 Å². The van der Waals surface area contributed by atoms with E-state index < -0.39 is 12.1 Å². The number of aromatic nitrogens is 1. The molecule has 0 aromatic carbocycles. The maximum absolute atomic E-state index is 12.4. The zero-order valence-electron chi connectivity index (χ0n) is 10.8. The van der Waals surface area contributed by atoms with E-state index >= 15 is 0 Å². The van der Waals surface area contributed by atoms with Crippen molar-refractivity contribution in [3.8, 4) is 0 Å². The van der Waals surface area contributed by atoms with Crippen molar-refractivity contribution in [2.45, 2.75) is 44.3 Å². The van der Waals surface area contributed by atoms with E-state index in [-0.39, 0.29) is 18.8 Å². The van der Waals surface area contributed by atoms with Crippen LogP contribution in [0.15, 0.2) is 9.13 Å². The number of halogens is 4. The van der Waals surface area contributed by atoms with Gasteiger partial charge in [-0.2, -0.15) is 13.2 Å². The average Bonchev–Trinajstić information content (AvgIpc) is 3.06. The van der Waals surface area contributed by atoms with E-state index in [4.69, 9.17) is 4.52 Å². The number of hydrogen-bond donors (Lipinski definition) is 1. The Morgan fingerprint density at radius 1 is 1.30 bits per heavy atom. The van der Waals surface area contributed by atoms with E-state index in [1.54, 1.807) is 0 Å². The molecular weight excluding hydrogens is 337 g/mol. The Balaban J connectivity index is 1.44. The number of nitrogens with zero attached hydrogens (tertiary/aromatic N) is 1. The first-order valence-corrected chi connectivity index (χ1v) is 7.65. The van der Waals surface area contributed by atoms with Gasteiger partial charge in [0, 0.05) is 18.0 Å². The Labute approximate surface area is 123 Å². The molecule has 1 aromatic heterocycles. The van der Waals surface area contributed by atoms with Crippen molar-refractivity contribution >= 4 is 15.9 Å². The summed E-state index contributed by atoms with van der Waals surface area (Å²) >= 11 is 3.35. The molecule has 2 fully saturated rings. The van der Waals surface area contributed by atoms with Gasteiger partial charge in [-0.15, -0.1) is 0 Å². The van der Waals surface area contributed by atoms with Gasteiger partial charge in [0.25, 0.3) is 0 Å². The minimum Gasteiger partial charge on any atom is -0.360 e. The van der Waals surface area contributed by atoms with Gasteiger partial charge in [-0.25, -0.2) is 0 Å². The molecule has 1 N–H and O–H groups in total. The second-order valence-corrected chi connectivity index (χ2v) is 6.55. The second-order valence-electron chi connectivity index (χ2n) is 5.80. The summed E-state index contributed by atoms with van der Waals surface area (Å²) in [6.07, 6.45) is -1.27. The van der Waals surface area contributed by atoms with Crippen LogP contribution in [-0.4, -0.2) is 17.9 Å². The molecule has 3 rings (SSSR count). The molecule has 3 nitrogen and oxygen atoms in total. The molecule has 0 spiro atoms. The van der Waals surface area contributed by atoms with Crippen LogP contribution in [0.2, 0.25) is 0 Å². The van der Waals surface area contributed by atoms with Crippen LogP contribution in [0.5, 0.6) is 0 Å². The SMILES string of the molecule is FC(F)(F)C1CC(CNCc2c(Br)noc2C2CC2)C1. The summed E-state index contributed by atoms with van der Waals surface area (Å²) in [5, 5.41) is 7.14. The quantitative estimate of drug-likeness (QED) is 0.870. The Kier molecular flexibility index (Phi) is 3.83. The molecule has 0 saturated heterocycles. The lowest BCUT2D eigenvalue weighted by Gasteiger charge is -2.36. The van der Waals surface area contributed by atoms with Gasteiger partial charge in [-0.3, -0.25) is 0 Å². The van der Waals surface area contributed by atoms with Gasteiger partial charge in [-0.05, 0) is 54.1 Å². The first-order valence-electron chi connectivity index (χ1n) is 6.86. The molecule has 2 saturated carbocycles. The highest BCUT2D eigenvalue weighted by Gasteiger charge is 2.47. The van der Waals surface area contributed by atoms with Crippen molar-refractivity contribution in [3.63, 3.8) is 0 Å². The fourth-order valence-electron chi connectivity index (χ4n) is 2.70. The Morgan fingerprint density at radius 2 is 2.00 bits per heavy atom. The maximum Gasteiger partial charge on any atom is 0.391 e. The van der Waals surface area contributed by atoms with Gasteiger partial charge in [-0.1, -0.05) is 5.16 Å². The van der Waals surface area contributed by atoms with Crippen LogP contribution in [0.1, 0.15) is 42.9 Å². The maximum atomic E-state index is 12.4. The zero-order valence-corrected chi connectivity index (χ0v) is 12.4. The summed E-state index contributed by atoms with van der Waals surface area (Å²) in [5.74, 6) is 0.429. The van der Waals surface area contributed by atoms with Crippen molar-refractivity contribution in [2.75, 3.05) is 6.54 Å². The molecule has 0 radical (unpaired) electrons. The van der Waals surface area contributed by atoms with Crippen molar-refractivity contribution in [1.82, 2.24) is 10.5 Å². The molecule has 1 aromatic rings. The van der Waals surface area contributed by atoms with Crippen molar-refractivity contribution in [2.24, 2.45) is 11.8 Å². The van der Waals surface area contributed by atoms with Crippen molar-refractivity contribution in [3.05, 3.63) is 15.9 Å². The first-order chi connectivity index (χ1) is 9.45. The van der Waals surface area contributed by atoms with Gasteiger partial charge < -0.3 is 9.84 Å². The highest BCUT2D eigenvalue weighted by atomic mass is 79.9. The van der Waals surface area contributed by atoms with Gasteiger partial charge >= 0.3 is 6.18 Å². The molecule has 112 valence electrons. The lowest BCUT2D eigenvalue weighted by Crippen LogP contribution is -2.40. The molecule has 1 heterocycles. The zero-order chi connectivity index (χ0) is 14.3. The van der Waals surface area contributed by atoms with Gasteiger partial charge in [0.1, 0.15) is 5.76 Å². The normalized spacial score (nSPS) is 26.6. The lowest BCUT2D eigenvalue weighted by atomic mass is 9.74. The van der Waals surface area contributed by atoms with Crippen molar-refractivity contribution < 1.29 is 17.7 Å². The van der Waals surface area contributed by atoms with Crippen LogP contribution < -0.4 is 5.32 Å². The third-order valence-corrected chi connectivity index (χ3v) is 4.78. The predicted octanol–water partition coefficient (Wildman–Crippen LogP) is 3.99.